The molecule has 0 saturated carbocycles. The fourth-order valence-corrected chi connectivity index (χ4v) is 2.37. The van der Waals surface area contributed by atoms with Gasteiger partial charge in [-0.15, -0.1) is 0 Å². The van der Waals surface area contributed by atoms with Crippen molar-refractivity contribution in [3.05, 3.63) is 58.4 Å². The number of hydrogen-bond donors (Lipinski definition) is 5. The van der Waals surface area contributed by atoms with Gasteiger partial charge in [0, 0.05) is 36.2 Å². The van der Waals surface area contributed by atoms with Gasteiger partial charge >= 0.3 is 5.69 Å². The molecule has 2 heterocycles. The fraction of sp³-hybridized carbons (Fsp3) is 0.0625. The SMILES string of the molecule is CN/C(N)=C(/C=N)c1ccc(-c2ccc3[nH]c(=O)[nH]c3c2)nc1. The summed E-state index contributed by atoms with van der Waals surface area (Å²) < 4.78 is 0. The Balaban J connectivity index is 2.00. The second kappa shape index (κ2) is 5.80. The smallest absolute Gasteiger partial charge is 0.323 e. The lowest BCUT2D eigenvalue weighted by atomic mass is 10.1. The zero-order chi connectivity index (χ0) is 16.4. The number of hydrogen-bond acceptors (Lipinski definition) is 5. The zero-order valence-corrected chi connectivity index (χ0v) is 12.5. The van der Waals surface area contributed by atoms with Crippen molar-refractivity contribution >= 4 is 22.8 Å². The van der Waals surface area contributed by atoms with E-state index in [1.54, 1.807) is 13.2 Å². The molecule has 0 aliphatic rings. The van der Waals surface area contributed by atoms with Gasteiger partial charge < -0.3 is 26.4 Å². The normalized spacial score (nSPS) is 12.0. The van der Waals surface area contributed by atoms with Gasteiger partial charge in [0.1, 0.15) is 5.82 Å². The Hall–Kier alpha value is -3.35. The minimum Gasteiger partial charge on any atom is -0.385 e. The Morgan fingerprint density at radius 3 is 2.70 bits per heavy atom. The fourth-order valence-electron chi connectivity index (χ4n) is 2.37. The van der Waals surface area contributed by atoms with Gasteiger partial charge in [-0.2, -0.15) is 0 Å². The van der Waals surface area contributed by atoms with Crippen LogP contribution in [0.2, 0.25) is 0 Å². The molecule has 6 N–H and O–H groups in total. The number of fused-ring (bicyclic) bond motifs is 1. The maximum absolute atomic E-state index is 11.3. The van der Waals surface area contributed by atoms with Crippen molar-refractivity contribution in [2.24, 2.45) is 5.73 Å². The van der Waals surface area contributed by atoms with E-state index in [0.717, 1.165) is 27.9 Å². The van der Waals surface area contributed by atoms with E-state index in [4.69, 9.17) is 11.1 Å². The summed E-state index contributed by atoms with van der Waals surface area (Å²) in [5, 5.41) is 10.3. The summed E-state index contributed by atoms with van der Waals surface area (Å²) in [6.45, 7) is 0. The number of aromatic nitrogens is 3. The van der Waals surface area contributed by atoms with Gasteiger partial charge in [-0.1, -0.05) is 12.1 Å². The third-order valence-corrected chi connectivity index (χ3v) is 3.59. The van der Waals surface area contributed by atoms with Crippen LogP contribution in [0.4, 0.5) is 0 Å². The first-order chi connectivity index (χ1) is 11.1. The van der Waals surface area contributed by atoms with Gasteiger partial charge in [0.25, 0.3) is 0 Å². The maximum atomic E-state index is 11.3. The maximum Gasteiger partial charge on any atom is 0.323 e. The van der Waals surface area contributed by atoms with E-state index < -0.39 is 0 Å². The summed E-state index contributed by atoms with van der Waals surface area (Å²) in [4.78, 5) is 21.2. The first-order valence-electron chi connectivity index (χ1n) is 6.99. The monoisotopic (exact) mass is 308 g/mol. The van der Waals surface area contributed by atoms with Gasteiger partial charge in [0.2, 0.25) is 0 Å². The van der Waals surface area contributed by atoms with Crippen LogP contribution >= 0.6 is 0 Å². The third-order valence-electron chi connectivity index (χ3n) is 3.59. The van der Waals surface area contributed by atoms with Crippen LogP contribution in [0.15, 0.2) is 47.1 Å². The summed E-state index contributed by atoms with van der Waals surface area (Å²) in [5.74, 6) is 0.417. The van der Waals surface area contributed by atoms with Crippen molar-refractivity contribution in [1.82, 2.24) is 20.3 Å². The molecule has 3 aromatic rings. The van der Waals surface area contributed by atoms with Crippen LogP contribution in [0.5, 0.6) is 0 Å². The standard InChI is InChI=1S/C16H16N6O/c1-19-15(18)11(7-17)10-3-4-12(20-8-10)9-2-5-13-14(6-9)22-16(23)21-13/h2-8,17,19H,18H2,1H3,(H2,21,22,23)/b15-11-,17-7?. The van der Waals surface area contributed by atoms with E-state index in [0.29, 0.717) is 11.4 Å². The molecule has 0 saturated heterocycles. The molecular formula is C16H16N6O. The molecule has 0 aliphatic heterocycles. The number of nitrogens with one attached hydrogen (secondary N) is 4. The van der Waals surface area contributed by atoms with Crippen molar-refractivity contribution in [3.8, 4) is 11.3 Å². The third kappa shape index (κ3) is 2.71. The highest BCUT2D eigenvalue weighted by molar-refractivity contribution is 6.09. The van der Waals surface area contributed by atoms with Crippen molar-refractivity contribution in [3.63, 3.8) is 0 Å². The van der Waals surface area contributed by atoms with E-state index in [-0.39, 0.29) is 5.69 Å². The zero-order valence-electron chi connectivity index (χ0n) is 12.5. The number of allylic oxidation sites excluding steroid dienone is 1. The molecule has 7 nitrogen and oxygen atoms in total. The molecule has 0 fully saturated rings. The Labute approximate surface area is 131 Å². The van der Waals surface area contributed by atoms with Crippen LogP contribution in [0.25, 0.3) is 27.9 Å². The Morgan fingerprint density at radius 2 is 2.04 bits per heavy atom. The Morgan fingerprint density at radius 1 is 1.26 bits per heavy atom. The molecule has 1 aromatic carbocycles. The van der Waals surface area contributed by atoms with Crippen LogP contribution in [0, 0.1) is 5.41 Å². The topological polar surface area (TPSA) is 123 Å². The summed E-state index contributed by atoms with van der Waals surface area (Å²) in [7, 11) is 1.70. The van der Waals surface area contributed by atoms with Gasteiger partial charge in [0.05, 0.1) is 16.7 Å². The Kier molecular flexibility index (Phi) is 3.68. The summed E-state index contributed by atoms with van der Waals surface area (Å²) in [5.41, 5.74) is 10.1. The van der Waals surface area contributed by atoms with Crippen molar-refractivity contribution in [2.75, 3.05) is 7.05 Å². The number of imidazole rings is 1. The first kappa shape index (κ1) is 14.6. The molecule has 23 heavy (non-hydrogen) atoms. The molecule has 0 amide bonds. The number of nitrogens with zero attached hydrogens (tertiary/aromatic N) is 1. The van der Waals surface area contributed by atoms with E-state index in [2.05, 4.69) is 20.3 Å². The number of rotatable bonds is 4. The van der Waals surface area contributed by atoms with E-state index in [1.807, 2.05) is 30.3 Å². The number of nitrogens with two attached hydrogens (primary N) is 1. The van der Waals surface area contributed by atoms with E-state index >= 15 is 0 Å². The predicted octanol–water partition coefficient (Wildman–Crippen LogP) is 1.41. The van der Waals surface area contributed by atoms with Crippen molar-refractivity contribution in [2.45, 2.75) is 0 Å². The largest absolute Gasteiger partial charge is 0.385 e. The molecule has 7 heteroatoms. The van der Waals surface area contributed by atoms with Crippen LogP contribution in [0.3, 0.4) is 0 Å². The van der Waals surface area contributed by atoms with E-state index in [9.17, 15) is 4.79 Å². The van der Waals surface area contributed by atoms with E-state index in [1.165, 1.54) is 6.21 Å². The molecule has 116 valence electrons. The molecule has 0 atom stereocenters. The first-order valence-corrected chi connectivity index (χ1v) is 6.99. The second-order valence-corrected chi connectivity index (χ2v) is 4.99. The summed E-state index contributed by atoms with van der Waals surface area (Å²) in [6.07, 6.45) is 2.86. The van der Waals surface area contributed by atoms with Crippen molar-refractivity contribution in [1.29, 1.82) is 5.41 Å². The van der Waals surface area contributed by atoms with Crippen LogP contribution in [-0.2, 0) is 0 Å². The highest BCUT2D eigenvalue weighted by atomic mass is 16.1. The number of pyridine rings is 1. The van der Waals surface area contributed by atoms with Crippen molar-refractivity contribution < 1.29 is 0 Å². The van der Waals surface area contributed by atoms with Gasteiger partial charge in [0.15, 0.2) is 0 Å². The van der Waals surface area contributed by atoms with Crippen LogP contribution in [-0.4, -0.2) is 28.2 Å². The molecule has 2 aromatic heterocycles. The van der Waals surface area contributed by atoms with Crippen LogP contribution in [0.1, 0.15) is 5.56 Å². The molecule has 0 bridgehead atoms. The average molecular weight is 308 g/mol. The minimum atomic E-state index is -0.233. The lowest BCUT2D eigenvalue weighted by molar-refractivity contribution is 0.973. The summed E-state index contributed by atoms with van der Waals surface area (Å²) in [6, 6.07) is 9.30. The number of aromatic amines is 2. The molecule has 3 rings (SSSR count). The quantitative estimate of drug-likeness (QED) is 0.467. The van der Waals surface area contributed by atoms with Crippen LogP contribution < -0.4 is 16.7 Å². The van der Waals surface area contributed by atoms with Gasteiger partial charge in [-0.25, -0.2) is 4.79 Å². The molecule has 0 unspecified atom stereocenters. The number of H-pyrrole nitrogens is 2. The highest BCUT2D eigenvalue weighted by Gasteiger charge is 2.07. The van der Waals surface area contributed by atoms with Gasteiger partial charge in [-0.05, 0) is 18.2 Å². The highest BCUT2D eigenvalue weighted by Crippen LogP contribution is 2.22. The van der Waals surface area contributed by atoms with Gasteiger partial charge in [-0.3, -0.25) is 4.98 Å². The molecule has 0 aliphatic carbocycles. The lowest BCUT2D eigenvalue weighted by Crippen LogP contribution is -2.17. The lowest BCUT2D eigenvalue weighted by Gasteiger charge is -2.08. The molecule has 0 radical (unpaired) electrons. The molecular weight excluding hydrogens is 292 g/mol. The summed E-state index contributed by atoms with van der Waals surface area (Å²) >= 11 is 0. The second-order valence-electron chi connectivity index (χ2n) is 4.99. The average Bonchev–Trinajstić information content (AvgIpc) is 2.95. The number of benzene rings is 1. The molecule has 0 spiro atoms. The predicted molar refractivity (Wildman–Crippen MR) is 91.1 cm³/mol. The Bertz CT molecular complexity index is 949. The minimum absolute atomic E-state index is 0.233.